The summed E-state index contributed by atoms with van der Waals surface area (Å²) in [5.41, 5.74) is 4.53. The molecule has 1 aliphatic heterocycles. The number of rotatable bonds is 5. The molecule has 1 amide bonds. The van der Waals surface area contributed by atoms with Gasteiger partial charge in [0, 0.05) is 31.1 Å². The number of nitrogens with one attached hydrogen (secondary N) is 1. The van der Waals surface area contributed by atoms with E-state index in [0.717, 1.165) is 41.9 Å². The maximum absolute atomic E-state index is 12.7. The van der Waals surface area contributed by atoms with Crippen molar-refractivity contribution in [2.75, 3.05) is 13.1 Å². The Labute approximate surface area is 153 Å². The van der Waals surface area contributed by atoms with Crippen LogP contribution in [-0.4, -0.2) is 45.2 Å². The predicted octanol–water partition coefficient (Wildman–Crippen LogP) is 3.06. The number of aromatic amines is 1. The lowest BCUT2D eigenvalue weighted by molar-refractivity contribution is -0.132. The highest BCUT2D eigenvalue weighted by Crippen LogP contribution is 2.27. The summed E-state index contributed by atoms with van der Waals surface area (Å²) < 4.78 is 0. The summed E-state index contributed by atoms with van der Waals surface area (Å²) in [5.74, 6) is -0.466. The highest BCUT2D eigenvalue weighted by molar-refractivity contribution is 5.87. The molecule has 26 heavy (non-hydrogen) atoms. The fourth-order valence-corrected chi connectivity index (χ4v) is 3.71. The van der Waals surface area contributed by atoms with Crippen LogP contribution in [-0.2, 0) is 11.2 Å². The second-order valence-electron chi connectivity index (χ2n) is 7.02. The summed E-state index contributed by atoms with van der Waals surface area (Å²) in [5, 5.41) is 16.2. The second-order valence-corrected chi connectivity index (χ2v) is 7.02. The van der Waals surface area contributed by atoms with Crippen LogP contribution in [0.15, 0.2) is 24.3 Å². The average molecular weight is 355 g/mol. The highest BCUT2D eigenvalue weighted by atomic mass is 16.4. The third-order valence-corrected chi connectivity index (χ3v) is 5.27. The Kier molecular flexibility index (Phi) is 5.40. The molecule has 1 fully saturated rings. The van der Waals surface area contributed by atoms with E-state index < -0.39 is 5.97 Å². The molecule has 2 heterocycles. The largest absolute Gasteiger partial charge is 0.478 e. The normalized spacial score (nSPS) is 17.3. The Hall–Kier alpha value is -2.63. The molecule has 0 saturated carbocycles. The Bertz CT molecular complexity index is 776. The number of aromatic carboxylic acids is 1. The van der Waals surface area contributed by atoms with Crippen LogP contribution >= 0.6 is 0 Å². The molecule has 1 aromatic heterocycles. The first kappa shape index (κ1) is 18.2. The number of carbonyl (C=O) groups is 2. The summed E-state index contributed by atoms with van der Waals surface area (Å²) in [7, 11) is 0. The molecule has 138 valence electrons. The molecule has 1 aromatic carbocycles. The first-order valence-electron chi connectivity index (χ1n) is 9.07. The summed E-state index contributed by atoms with van der Waals surface area (Å²) >= 11 is 0. The van der Waals surface area contributed by atoms with Gasteiger partial charge >= 0.3 is 5.97 Å². The molecule has 0 spiro atoms. The van der Waals surface area contributed by atoms with Gasteiger partial charge in [0.15, 0.2) is 0 Å². The molecular formula is C20H25N3O3. The van der Waals surface area contributed by atoms with Crippen molar-refractivity contribution in [3.05, 3.63) is 52.3 Å². The van der Waals surface area contributed by atoms with Crippen LogP contribution in [0.3, 0.4) is 0 Å². The van der Waals surface area contributed by atoms with Crippen LogP contribution in [0.2, 0.25) is 0 Å². The first-order chi connectivity index (χ1) is 12.5. The smallest absolute Gasteiger partial charge is 0.335 e. The molecule has 6 heteroatoms. The Morgan fingerprint density at radius 2 is 2.00 bits per heavy atom. The van der Waals surface area contributed by atoms with Gasteiger partial charge in [-0.3, -0.25) is 9.89 Å². The van der Waals surface area contributed by atoms with Crippen LogP contribution in [0.25, 0.3) is 0 Å². The van der Waals surface area contributed by atoms with Crippen molar-refractivity contribution in [1.82, 2.24) is 15.1 Å². The molecule has 0 bridgehead atoms. The van der Waals surface area contributed by atoms with Gasteiger partial charge in [0.05, 0.1) is 11.3 Å². The topological polar surface area (TPSA) is 86.3 Å². The monoisotopic (exact) mass is 355 g/mol. The van der Waals surface area contributed by atoms with E-state index >= 15 is 0 Å². The van der Waals surface area contributed by atoms with Crippen LogP contribution in [0.4, 0.5) is 0 Å². The average Bonchev–Trinajstić information content (AvgIpc) is 2.97. The number of hydrogen-bond donors (Lipinski definition) is 2. The van der Waals surface area contributed by atoms with E-state index in [1.807, 2.05) is 30.9 Å². The molecule has 0 aliphatic carbocycles. The molecule has 0 radical (unpaired) electrons. The van der Waals surface area contributed by atoms with Crippen LogP contribution in [0.5, 0.6) is 0 Å². The minimum absolute atomic E-state index is 0.178. The van der Waals surface area contributed by atoms with Gasteiger partial charge in [0.1, 0.15) is 0 Å². The zero-order valence-electron chi connectivity index (χ0n) is 15.3. The van der Waals surface area contributed by atoms with Crippen molar-refractivity contribution >= 4 is 11.9 Å². The zero-order chi connectivity index (χ0) is 18.7. The molecular weight excluding hydrogens is 330 g/mol. The lowest BCUT2D eigenvalue weighted by atomic mass is 9.90. The Morgan fingerprint density at radius 1 is 1.27 bits per heavy atom. The predicted molar refractivity (Wildman–Crippen MR) is 98.3 cm³/mol. The summed E-state index contributed by atoms with van der Waals surface area (Å²) in [6.07, 6.45) is 3.20. The van der Waals surface area contributed by atoms with Gasteiger partial charge in [-0.05, 0) is 56.4 Å². The van der Waals surface area contributed by atoms with Gasteiger partial charge in [-0.25, -0.2) is 4.79 Å². The van der Waals surface area contributed by atoms with Gasteiger partial charge in [0.2, 0.25) is 5.91 Å². The van der Waals surface area contributed by atoms with Crippen LogP contribution < -0.4 is 0 Å². The van der Waals surface area contributed by atoms with Crippen LogP contribution in [0.1, 0.15) is 58.1 Å². The maximum atomic E-state index is 12.7. The maximum Gasteiger partial charge on any atom is 0.335 e. The molecule has 3 rings (SSSR count). The number of carbonyl (C=O) groups excluding carboxylic acids is 1. The third-order valence-electron chi connectivity index (χ3n) is 5.27. The molecule has 0 unspecified atom stereocenters. The third kappa shape index (κ3) is 3.95. The van der Waals surface area contributed by atoms with E-state index in [2.05, 4.69) is 10.2 Å². The van der Waals surface area contributed by atoms with Gasteiger partial charge in [-0.15, -0.1) is 0 Å². The number of piperidine rings is 1. The van der Waals surface area contributed by atoms with Gasteiger partial charge in [0.25, 0.3) is 0 Å². The number of carboxylic acid groups (broad SMARTS) is 1. The van der Waals surface area contributed by atoms with E-state index in [9.17, 15) is 9.59 Å². The SMILES string of the molecule is Cc1n[nH]c(C)c1CCC(=O)N1CCC[C@H](c2ccc(C(=O)O)cc2)C1. The standard InChI is InChI=1S/C20H25N3O3/c1-13-18(14(2)22-21-13)9-10-19(24)23-11-3-4-17(12-23)15-5-7-16(8-6-15)20(25)26/h5-8,17H,3-4,9-12H2,1-2H3,(H,21,22)(H,25,26)/t17-/m0/s1. The van der Waals surface area contributed by atoms with Gasteiger partial charge in [-0.2, -0.15) is 5.10 Å². The molecule has 1 saturated heterocycles. The summed E-state index contributed by atoms with van der Waals surface area (Å²) in [4.78, 5) is 25.6. The number of hydrogen-bond acceptors (Lipinski definition) is 3. The van der Waals surface area contributed by atoms with Gasteiger partial charge < -0.3 is 10.0 Å². The molecule has 2 aromatic rings. The Morgan fingerprint density at radius 3 is 2.62 bits per heavy atom. The fourth-order valence-electron chi connectivity index (χ4n) is 3.71. The quantitative estimate of drug-likeness (QED) is 0.863. The number of aryl methyl sites for hydroxylation is 2. The van der Waals surface area contributed by atoms with E-state index in [4.69, 9.17) is 5.11 Å². The molecule has 6 nitrogen and oxygen atoms in total. The van der Waals surface area contributed by atoms with Gasteiger partial charge in [-0.1, -0.05) is 12.1 Å². The lowest BCUT2D eigenvalue weighted by Gasteiger charge is -2.33. The minimum Gasteiger partial charge on any atom is -0.478 e. The van der Waals surface area contributed by atoms with E-state index in [1.54, 1.807) is 12.1 Å². The highest BCUT2D eigenvalue weighted by Gasteiger charge is 2.25. The fraction of sp³-hybridized carbons (Fsp3) is 0.450. The van der Waals surface area contributed by atoms with E-state index in [1.165, 1.54) is 0 Å². The molecule has 2 N–H and O–H groups in total. The zero-order valence-corrected chi connectivity index (χ0v) is 15.3. The number of aromatic nitrogens is 2. The number of carboxylic acids is 1. The number of amides is 1. The summed E-state index contributed by atoms with van der Waals surface area (Å²) in [6, 6.07) is 7.03. The van der Waals surface area contributed by atoms with Crippen molar-refractivity contribution in [1.29, 1.82) is 0 Å². The van der Waals surface area contributed by atoms with Crippen LogP contribution in [0, 0.1) is 13.8 Å². The number of nitrogens with zero attached hydrogens (tertiary/aromatic N) is 2. The van der Waals surface area contributed by atoms with E-state index in [-0.39, 0.29) is 11.8 Å². The second kappa shape index (κ2) is 7.72. The summed E-state index contributed by atoms with van der Waals surface area (Å²) in [6.45, 7) is 5.44. The van der Waals surface area contributed by atoms with Crippen molar-refractivity contribution in [3.63, 3.8) is 0 Å². The number of H-pyrrole nitrogens is 1. The van der Waals surface area contributed by atoms with Crippen molar-refractivity contribution in [2.45, 2.75) is 45.4 Å². The van der Waals surface area contributed by atoms with Crippen molar-refractivity contribution < 1.29 is 14.7 Å². The van der Waals surface area contributed by atoms with Crippen molar-refractivity contribution in [3.8, 4) is 0 Å². The number of likely N-dealkylation sites (tertiary alicyclic amines) is 1. The Balaban J connectivity index is 1.60. The number of benzene rings is 1. The molecule has 1 atom stereocenters. The van der Waals surface area contributed by atoms with E-state index in [0.29, 0.717) is 24.9 Å². The van der Waals surface area contributed by atoms with Crippen molar-refractivity contribution in [2.24, 2.45) is 0 Å². The first-order valence-corrected chi connectivity index (χ1v) is 9.07. The molecule has 1 aliphatic rings. The lowest BCUT2D eigenvalue weighted by Crippen LogP contribution is -2.39. The minimum atomic E-state index is -0.915.